The number of hydrogen-bond donors (Lipinski definition) is 0. The fraction of sp³-hybridized carbons (Fsp3) is 0.357. The van der Waals surface area contributed by atoms with Gasteiger partial charge in [0.1, 0.15) is 5.41 Å². The number of methoxy groups -OCH3 is 1. The number of halogens is 3. The van der Waals surface area contributed by atoms with E-state index >= 15 is 0 Å². The number of benzene rings is 1. The highest BCUT2D eigenvalue weighted by molar-refractivity contribution is 5.81. The minimum atomic E-state index is -4.44. The van der Waals surface area contributed by atoms with Gasteiger partial charge < -0.3 is 4.74 Å². The molecule has 0 N–H and O–H groups in total. The van der Waals surface area contributed by atoms with Gasteiger partial charge >= 0.3 is 12.1 Å². The first-order valence-corrected chi connectivity index (χ1v) is 6.35. The lowest BCUT2D eigenvalue weighted by molar-refractivity contribution is -0.146. The van der Waals surface area contributed by atoms with Crippen molar-refractivity contribution in [2.45, 2.75) is 25.4 Å². The molecule has 0 fully saturated rings. The standard InChI is InChI=1S/C14H14F3N3O2/c1-13(2,12(21)22-3)11-8-20(19-18-11)10-6-4-5-9(7-10)14(15,16)17/h4-8H,1-3H3. The van der Waals surface area contributed by atoms with Gasteiger partial charge in [-0.25, -0.2) is 4.68 Å². The van der Waals surface area contributed by atoms with Crippen LogP contribution in [0, 0.1) is 0 Å². The summed E-state index contributed by atoms with van der Waals surface area (Å²) in [4.78, 5) is 11.7. The summed E-state index contributed by atoms with van der Waals surface area (Å²) >= 11 is 0. The summed E-state index contributed by atoms with van der Waals surface area (Å²) in [6, 6.07) is 4.69. The second-order valence-electron chi connectivity index (χ2n) is 5.21. The average molecular weight is 313 g/mol. The fourth-order valence-corrected chi connectivity index (χ4v) is 1.86. The zero-order valence-corrected chi connectivity index (χ0v) is 12.2. The fourth-order valence-electron chi connectivity index (χ4n) is 1.86. The molecule has 2 rings (SSSR count). The minimum Gasteiger partial charge on any atom is -0.468 e. The monoisotopic (exact) mass is 313 g/mol. The molecule has 22 heavy (non-hydrogen) atoms. The van der Waals surface area contributed by atoms with Gasteiger partial charge in [-0.2, -0.15) is 13.2 Å². The molecule has 8 heteroatoms. The predicted molar refractivity (Wildman–Crippen MR) is 71.4 cm³/mol. The number of carbonyl (C=O) groups is 1. The van der Waals surface area contributed by atoms with Crippen LogP contribution in [-0.4, -0.2) is 28.1 Å². The number of hydrogen-bond acceptors (Lipinski definition) is 4. The maximum Gasteiger partial charge on any atom is 0.416 e. The summed E-state index contributed by atoms with van der Waals surface area (Å²) in [7, 11) is 1.25. The molecule has 0 unspecified atom stereocenters. The van der Waals surface area contributed by atoms with Crippen LogP contribution >= 0.6 is 0 Å². The van der Waals surface area contributed by atoms with Crippen molar-refractivity contribution in [1.29, 1.82) is 0 Å². The Bertz CT molecular complexity index is 693. The van der Waals surface area contributed by atoms with E-state index in [0.717, 1.165) is 12.1 Å². The van der Waals surface area contributed by atoms with Gasteiger partial charge in [0, 0.05) is 0 Å². The summed E-state index contributed by atoms with van der Waals surface area (Å²) in [5, 5.41) is 7.64. The molecule has 0 atom stereocenters. The van der Waals surface area contributed by atoms with Crippen molar-refractivity contribution >= 4 is 5.97 Å². The van der Waals surface area contributed by atoms with Crippen LogP contribution in [0.2, 0.25) is 0 Å². The first-order valence-electron chi connectivity index (χ1n) is 6.35. The van der Waals surface area contributed by atoms with E-state index in [0.29, 0.717) is 5.69 Å². The molecule has 0 amide bonds. The van der Waals surface area contributed by atoms with Crippen molar-refractivity contribution in [3.63, 3.8) is 0 Å². The molecule has 0 aliphatic carbocycles. The SMILES string of the molecule is COC(=O)C(C)(C)c1cn(-c2cccc(C(F)(F)F)c2)nn1. The van der Waals surface area contributed by atoms with Crippen molar-refractivity contribution in [2.75, 3.05) is 7.11 Å². The van der Waals surface area contributed by atoms with E-state index in [-0.39, 0.29) is 5.69 Å². The average Bonchev–Trinajstić information content (AvgIpc) is 2.96. The van der Waals surface area contributed by atoms with Gasteiger partial charge in [0.05, 0.1) is 30.3 Å². The van der Waals surface area contributed by atoms with Crippen molar-refractivity contribution in [3.05, 3.63) is 41.7 Å². The second-order valence-corrected chi connectivity index (χ2v) is 5.21. The highest BCUT2D eigenvalue weighted by Gasteiger charge is 2.34. The van der Waals surface area contributed by atoms with Crippen LogP contribution in [0.15, 0.2) is 30.5 Å². The zero-order valence-electron chi connectivity index (χ0n) is 12.2. The lowest BCUT2D eigenvalue weighted by Crippen LogP contribution is -2.30. The number of esters is 1. The molecule has 1 aromatic carbocycles. The maximum absolute atomic E-state index is 12.7. The lowest BCUT2D eigenvalue weighted by Gasteiger charge is -2.17. The largest absolute Gasteiger partial charge is 0.468 e. The van der Waals surface area contributed by atoms with Crippen LogP contribution in [0.1, 0.15) is 25.1 Å². The van der Waals surface area contributed by atoms with E-state index in [9.17, 15) is 18.0 Å². The number of rotatable bonds is 3. The molecule has 0 aliphatic heterocycles. The molecular formula is C14H14F3N3O2. The molecule has 1 heterocycles. The molecule has 0 bridgehead atoms. The normalized spacial score (nSPS) is 12.3. The molecule has 2 aromatic rings. The van der Waals surface area contributed by atoms with Crippen LogP contribution in [0.3, 0.4) is 0 Å². The first-order chi connectivity index (χ1) is 10.2. The third kappa shape index (κ3) is 2.95. The lowest BCUT2D eigenvalue weighted by atomic mass is 9.90. The Morgan fingerprint density at radius 3 is 2.55 bits per heavy atom. The number of aromatic nitrogens is 3. The van der Waals surface area contributed by atoms with E-state index in [1.165, 1.54) is 30.1 Å². The molecule has 5 nitrogen and oxygen atoms in total. The van der Waals surface area contributed by atoms with Crippen LogP contribution < -0.4 is 0 Å². The molecular weight excluding hydrogens is 299 g/mol. The van der Waals surface area contributed by atoms with Gasteiger partial charge in [0.2, 0.25) is 0 Å². The van der Waals surface area contributed by atoms with Crippen molar-refractivity contribution in [3.8, 4) is 5.69 Å². The second kappa shape index (κ2) is 5.43. The third-order valence-corrected chi connectivity index (χ3v) is 3.27. The Balaban J connectivity index is 2.39. The van der Waals surface area contributed by atoms with Gasteiger partial charge in [-0.05, 0) is 32.0 Å². The highest BCUT2D eigenvalue weighted by Crippen LogP contribution is 2.30. The van der Waals surface area contributed by atoms with Gasteiger partial charge in [-0.15, -0.1) is 5.10 Å². The molecule has 0 saturated carbocycles. The summed E-state index contributed by atoms with van der Waals surface area (Å²) < 4.78 is 44.0. The van der Waals surface area contributed by atoms with Crippen LogP contribution in [0.25, 0.3) is 5.69 Å². The third-order valence-electron chi connectivity index (χ3n) is 3.27. The Kier molecular flexibility index (Phi) is 3.95. The van der Waals surface area contributed by atoms with Gasteiger partial charge in [-0.1, -0.05) is 11.3 Å². The molecule has 0 saturated heterocycles. The van der Waals surface area contributed by atoms with E-state index in [4.69, 9.17) is 0 Å². The van der Waals surface area contributed by atoms with Crippen molar-refractivity contribution in [2.24, 2.45) is 0 Å². The molecule has 0 radical (unpaired) electrons. The van der Waals surface area contributed by atoms with Crippen LogP contribution in [-0.2, 0) is 21.1 Å². The van der Waals surface area contributed by atoms with Crippen molar-refractivity contribution < 1.29 is 22.7 Å². The van der Waals surface area contributed by atoms with Gasteiger partial charge in [0.25, 0.3) is 0 Å². The predicted octanol–water partition coefficient (Wildman–Crippen LogP) is 2.74. The van der Waals surface area contributed by atoms with E-state index in [2.05, 4.69) is 15.0 Å². The summed E-state index contributed by atoms with van der Waals surface area (Å²) in [6.45, 7) is 3.19. The minimum absolute atomic E-state index is 0.203. The zero-order chi connectivity index (χ0) is 16.5. The maximum atomic E-state index is 12.7. The number of carbonyl (C=O) groups excluding carboxylic acids is 1. The van der Waals surface area contributed by atoms with Crippen LogP contribution in [0.5, 0.6) is 0 Å². The summed E-state index contributed by atoms with van der Waals surface area (Å²) in [5.74, 6) is -0.511. The smallest absolute Gasteiger partial charge is 0.416 e. The number of ether oxygens (including phenoxy) is 1. The summed E-state index contributed by atoms with van der Waals surface area (Å²) in [6.07, 6.45) is -3.03. The Labute approximate surface area is 124 Å². The van der Waals surface area contributed by atoms with Gasteiger partial charge in [0.15, 0.2) is 0 Å². The van der Waals surface area contributed by atoms with E-state index < -0.39 is 23.1 Å². The molecule has 118 valence electrons. The topological polar surface area (TPSA) is 57.0 Å². The number of nitrogens with zero attached hydrogens (tertiary/aromatic N) is 3. The quantitative estimate of drug-likeness (QED) is 0.818. The Hall–Kier alpha value is -2.38. The van der Waals surface area contributed by atoms with Crippen molar-refractivity contribution in [1.82, 2.24) is 15.0 Å². The first kappa shape index (κ1) is 16.0. The highest BCUT2D eigenvalue weighted by atomic mass is 19.4. The van der Waals surface area contributed by atoms with E-state index in [1.54, 1.807) is 13.8 Å². The van der Waals surface area contributed by atoms with Gasteiger partial charge in [-0.3, -0.25) is 4.79 Å². The van der Waals surface area contributed by atoms with E-state index in [1.807, 2.05) is 0 Å². The molecule has 0 spiro atoms. The molecule has 1 aromatic heterocycles. The van der Waals surface area contributed by atoms with Crippen LogP contribution in [0.4, 0.5) is 13.2 Å². The Morgan fingerprint density at radius 1 is 1.27 bits per heavy atom. The Morgan fingerprint density at radius 2 is 1.95 bits per heavy atom. The number of alkyl halides is 3. The summed E-state index contributed by atoms with van der Waals surface area (Å²) in [5.41, 5.74) is -1.32. The molecule has 0 aliphatic rings.